The van der Waals surface area contributed by atoms with Gasteiger partial charge in [-0.2, -0.15) is 0 Å². The van der Waals surface area contributed by atoms with E-state index in [0.717, 1.165) is 25.2 Å². The van der Waals surface area contributed by atoms with Crippen LogP contribution < -0.4 is 26.8 Å². The van der Waals surface area contributed by atoms with Crippen molar-refractivity contribution >= 4 is 46.1 Å². The molecule has 0 radical (unpaired) electrons. The number of amides is 4. The van der Waals surface area contributed by atoms with Crippen LogP contribution in [0.25, 0.3) is 11.0 Å². The zero-order chi connectivity index (χ0) is 32.4. The van der Waals surface area contributed by atoms with Crippen LogP contribution in [0, 0.1) is 23.7 Å². The Kier molecular flexibility index (Phi) is 8.87. The summed E-state index contributed by atoms with van der Waals surface area (Å²) in [4.78, 5) is 77.4. The predicted molar refractivity (Wildman–Crippen MR) is 169 cm³/mol. The number of Topliss-reactive ketones (excluding diaryl/α,β-unsaturated/α-hetero) is 1. The van der Waals surface area contributed by atoms with E-state index in [1.54, 1.807) is 30.3 Å². The molecular weight excluding hydrogens is 590 g/mol. The lowest BCUT2D eigenvalue weighted by atomic mass is 9.79. The van der Waals surface area contributed by atoms with E-state index in [1.807, 2.05) is 0 Å². The van der Waals surface area contributed by atoms with E-state index in [4.69, 9.17) is 4.42 Å². The molecule has 4 amide bonds. The van der Waals surface area contributed by atoms with Gasteiger partial charge in [-0.3, -0.25) is 28.8 Å². The van der Waals surface area contributed by atoms with Gasteiger partial charge in [-0.1, -0.05) is 24.3 Å². The minimum atomic E-state index is -1.30. The van der Waals surface area contributed by atoms with Crippen molar-refractivity contribution in [1.82, 2.24) is 20.5 Å². The summed E-state index contributed by atoms with van der Waals surface area (Å²) in [5, 5.41) is 11.4. The first-order valence-corrected chi connectivity index (χ1v) is 15.7. The van der Waals surface area contributed by atoms with Gasteiger partial charge in [-0.15, -0.1) is 6.58 Å². The second kappa shape index (κ2) is 13.2. The summed E-state index contributed by atoms with van der Waals surface area (Å²) in [5.74, 6) is -0.933. The molecule has 5 unspecified atom stereocenters. The molecule has 2 heterocycles. The molecule has 4 aliphatic rings. The molecule has 1 aromatic carbocycles. The molecule has 46 heavy (non-hydrogen) atoms. The largest absolute Gasteiger partial charge is 0.451 e. The summed E-state index contributed by atoms with van der Waals surface area (Å²) in [6.45, 7) is 3.38. The number of nitrogens with one attached hydrogen (secondary N) is 4. The Morgan fingerprint density at radius 2 is 1.83 bits per heavy atom. The fraction of sp³-hybridized carbons (Fsp3) is 0.412. The molecule has 4 N–H and O–H groups in total. The Hall–Kier alpha value is -5.00. The number of rotatable bonds is 13. The van der Waals surface area contributed by atoms with Gasteiger partial charge in [0.1, 0.15) is 23.9 Å². The number of hydrogen-bond donors (Lipinski definition) is 4. The van der Waals surface area contributed by atoms with Crippen LogP contribution in [0.3, 0.4) is 0 Å². The fourth-order valence-electron chi connectivity index (χ4n) is 7.57. The first-order chi connectivity index (χ1) is 22.2. The molecule has 7 rings (SSSR count). The SMILES string of the molecule is C=CCNC(=O)C(=O)CC[C@H](NC(=O)c1cc2ccccc2o1)C(=O)Nc1cccn(CC(=O)NC2C3CC4CC(C3)C2C4)c1=O. The first kappa shape index (κ1) is 31.0. The Labute approximate surface area is 265 Å². The van der Waals surface area contributed by atoms with Crippen molar-refractivity contribution in [2.24, 2.45) is 23.7 Å². The van der Waals surface area contributed by atoms with Gasteiger partial charge < -0.3 is 30.3 Å². The maximum atomic E-state index is 13.5. The van der Waals surface area contributed by atoms with Crippen molar-refractivity contribution in [1.29, 1.82) is 0 Å². The third-order valence-electron chi connectivity index (χ3n) is 9.57. The van der Waals surface area contributed by atoms with Crippen LogP contribution in [0.5, 0.6) is 0 Å². The van der Waals surface area contributed by atoms with E-state index >= 15 is 0 Å². The number of fused-ring (bicyclic) bond motifs is 1. The minimum absolute atomic E-state index is 0.0502. The van der Waals surface area contributed by atoms with Crippen molar-refractivity contribution < 1.29 is 28.4 Å². The van der Waals surface area contributed by atoms with E-state index in [9.17, 15) is 28.8 Å². The Morgan fingerprint density at radius 1 is 1.02 bits per heavy atom. The standard InChI is InChI=1S/C34H37N5O7/c1-2-11-35-32(43)26(40)10-9-24(36-33(44)28-17-20-6-3-4-8-27(20)46-28)31(42)37-25-7-5-12-39(34(25)45)18-29(41)38-30-22-14-19-13-21(16-22)23(30)15-19/h2-8,12,17,19,21-24,30H,1,9-11,13-16,18H2,(H,35,43)(H,36,44)(H,37,42)(H,38,41)/t19?,21?,22?,23?,24-,30?/m0/s1. The van der Waals surface area contributed by atoms with Crippen LogP contribution in [-0.4, -0.2) is 52.6 Å². The normalized spacial score (nSPS) is 23.1. The van der Waals surface area contributed by atoms with Gasteiger partial charge in [0.05, 0.1) is 0 Å². The molecule has 3 aromatic rings. The highest BCUT2D eigenvalue weighted by molar-refractivity contribution is 6.36. The van der Waals surface area contributed by atoms with Crippen molar-refractivity contribution in [3.05, 3.63) is 77.4 Å². The highest BCUT2D eigenvalue weighted by Crippen LogP contribution is 2.58. The molecule has 240 valence electrons. The van der Waals surface area contributed by atoms with E-state index in [-0.39, 0.29) is 49.3 Å². The molecule has 2 aromatic heterocycles. The molecule has 0 saturated heterocycles. The molecule has 12 heteroatoms. The van der Waals surface area contributed by atoms with Crippen LogP contribution in [0.2, 0.25) is 0 Å². The van der Waals surface area contributed by atoms with Gasteiger partial charge in [0.25, 0.3) is 17.4 Å². The smallest absolute Gasteiger partial charge is 0.287 e. The van der Waals surface area contributed by atoms with Crippen molar-refractivity contribution in [3.63, 3.8) is 0 Å². The van der Waals surface area contributed by atoms with Crippen molar-refractivity contribution in [2.45, 2.75) is 57.2 Å². The summed E-state index contributed by atoms with van der Waals surface area (Å²) >= 11 is 0. The number of nitrogens with zero attached hydrogens (tertiary/aromatic N) is 1. The van der Waals surface area contributed by atoms with Crippen LogP contribution in [0.1, 0.15) is 49.1 Å². The number of aromatic nitrogens is 1. The van der Waals surface area contributed by atoms with E-state index in [0.29, 0.717) is 28.7 Å². The van der Waals surface area contributed by atoms with Crippen LogP contribution in [-0.2, 0) is 25.7 Å². The molecule has 4 fully saturated rings. The van der Waals surface area contributed by atoms with Crippen LogP contribution in [0.15, 0.2) is 70.5 Å². The molecule has 4 aliphatic carbocycles. The van der Waals surface area contributed by atoms with Crippen LogP contribution in [0.4, 0.5) is 5.69 Å². The molecular formula is C34H37N5O7. The number of anilines is 1. The first-order valence-electron chi connectivity index (χ1n) is 15.7. The number of hydrogen-bond acceptors (Lipinski definition) is 7. The maximum absolute atomic E-state index is 13.5. The number of carbonyl (C=O) groups is 5. The number of para-hydroxylation sites is 1. The lowest BCUT2D eigenvalue weighted by Gasteiger charge is -2.32. The second-order valence-corrected chi connectivity index (χ2v) is 12.6. The Balaban J connectivity index is 1.13. The predicted octanol–water partition coefficient (Wildman–Crippen LogP) is 2.53. The zero-order valence-electron chi connectivity index (χ0n) is 25.3. The molecule has 4 bridgehead atoms. The summed E-state index contributed by atoms with van der Waals surface area (Å²) in [6.07, 6.45) is 7.04. The lowest BCUT2D eigenvalue weighted by molar-refractivity contribution is -0.138. The van der Waals surface area contributed by atoms with Crippen LogP contribution >= 0.6 is 0 Å². The van der Waals surface area contributed by atoms with Gasteiger partial charge in [-0.05, 0) is 80.0 Å². The number of ketones is 1. The number of pyridine rings is 1. The molecule has 6 atom stereocenters. The maximum Gasteiger partial charge on any atom is 0.287 e. The topological polar surface area (TPSA) is 169 Å². The summed E-state index contributed by atoms with van der Waals surface area (Å²) in [5.41, 5.74) is -0.219. The van der Waals surface area contributed by atoms with E-state index < -0.39 is 35.1 Å². The van der Waals surface area contributed by atoms with Gasteiger partial charge in [0.15, 0.2) is 5.76 Å². The van der Waals surface area contributed by atoms with E-state index in [1.165, 1.54) is 35.4 Å². The third kappa shape index (κ3) is 6.51. The highest BCUT2D eigenvalue weighted by atomic mass is 16.3. The molecule has 0 aliphatic heterocycles. The van der Waals surface area contributed by atoms with Gasteiger partial charge >= 0.3 is 0 Å². The fourth-order valence-corrected chi connectivity index (χ4v) is 7.57. The molecule has 4 saturated carbocycles. The molecule has 0 spiro atoms. The number of benzene rings is 1. The van der Waals surface area contributed by atoms with Gasteiger partial charge in [-0.25, -0.2) is 0 Å². The summed E-state index contributed by atoms with van der Waals surface area (Å²) < 4.78 is 6.84. The Bertz CT molecular complexity index is 1720. The third-order valence-corrected chi connectivity index (χ3v) is 9.57. The number of carbonyl (C=O) groups excluding carboxylic acids is 5. The van der Waals surface area contributed by atoms with Gasteiger partial charge in [0.2, 0.25) is 17.6 Å². The highest BCUT2D eigenvalue weighted by Gasteiger charge is 2.54. The molecule has 12 nitrogen and oxygen atoms in total. The summed E-state index contributed by atoms with van der Waals surface area (Å²) in [6, 6.07) is 10.3. The lowest BCUT2D eigenvalue weighted by Crippen LogP contribution is -2.46. The summed E-state index contributed by atoms with van der Waals surface area (Å²) in [7, 11) is 0. The van der Waals surface area contributed by atoms with Crippen molar-refractivity contribution in [2.75, 3.05) is 11.9 Å². The quantitative estimate of drug-likeness (QED) is 0.167. The zero-order valence-corrected chi connectivity index (χ0v) is 25.3. The Morgan fingerprint density at radius 3 is 2.61 bits per heavy atom. The second-order valence-electron chi connectivity index (χ2n) is 12.6. The van der Waals surface area contributed by atoms with Gasteiger partial charge in [0, 0.05) is 30.6 Å². The average Bonchev–Trinajstić information content (AvgIpc) is 3.68. The monoisotopic (exact) mass is 627 g/mol. The average molecular weight is 628 g/mol. The number of furan rings is 1. The van der Waals surface area contributed by atoms with E-state index in [2.05, 4.69) is 27.8 Å². The minimum Gasteiger partial charge on any atom is -0.451 e. The van der Waals surface area contributed by atoms with Crippen molar-refractivity contribution in [3.8, 4) is 0 Å².